The van der Waals surface area contributed by atoms with E-state index in [9.17, 15) is 18.0 Å². The number of nitrogens with one attached hydrogen (secondary N) is 2. The van der Waals surface area contributed by atoms with Gasteiger partial charge in [-0.05, 0) is 42.7 Å². The first kappa shape index (κ1) is 22.5. The van der Waals surface area contributed by atoms with Crippen molar-refractivity contribution in [2.75, 3.05) is 13.1 Å². The second kappa shape index (κ2) is 9.44. The minimum Gasteiger partial charge on any atom is -0.348 e. The van der Waals surface area contributed by atoms with Gasteiger partial charge < -0.3 is 10.3 Å². The fraction of sp³-hybridized carbons (Fsp3) is 0.304. The van der Waals surface area contributed by atoms with E-state index in [4.69, 9.17) is 11.6 Å². The van der Waals surface area contributed by atoms with Crippen LogP contribution in [0.2, 0.25) is 5.02 Å². The number of sulfonamides is 1. The molecule has 2 heterocycles. The molecule has 3 aromatic rings. The third-order valence-electron chi connectivity index (χ3n) is 5.66. The number of halogens is 1. The summed E-state index contributed by atoms with van der Waals surface area (Å²) in [5.41, 5.74) is 0.809. The molecule has 0 unspecified atom stereocenters. The summed E-state index contributed by atoms with van der Waals surface area (Å²) in [7, 11) is -3.70. The van der Waals surface area contributed by atoms with Crippen molar-refractivity contribution in [3.05, 3.63) is 75.0 Å². The number of hydrogen-bond acceptors (Lipinski definition) is 4. The van der Waals surface area contributed by atoms with Gasteiger partial charge in [0.2, 0.25) is 15.6 Å². The zero-order chi connectivity index (χ0) is 22.7. The van der Waals surface area contributed by atoms with Crippen molar-refractivity contribution < 1.29 is 13.2 Å². The molecular formula is C23H24ClN3O4S. The molecule has 168 valence electrons. The Hall–Kier alpha value is -2.68. The van der Waals surface area contributed by atoms with Gasteiger partial charge in [-0.1, -0.05) is 42.6 Å². The van der Waals surface area contributed by atoms with E-state index < -0.39 is 21.5 Å². The molecule has 1 aromatic heterocycles. The Labute approximate surface area is 191 Å². The maximum Gasteiger partial charge on any atom is 0.252 e. The Bertz CT molecular complexity index is 1310. The minimum atomic E-state index is -3.70. The molecule has 9 heteroatoms. The van der Waals surface area contributed by atoms with Crippen molar-refractivity contribution >= 4 is 38.4 Å². The van der Waals surface area contributed by atoms with Crippen molar-refractivity contribution in [1.29, 1.82) is 0 Å². The summed E-state index contributed by atoms with van der Waals surface area (Å²) < 4.78 is 27.9. The standard InChI is InChI=1S/C23H24ClN3O4S/c24-20-8-4-3-7-16(20)15-25-23(29)19-14-22(28)26-21-10-9-17(13-18(19)21)32(30,31)27-11-5-1-2-6-12-27/h3-4,7-10,13-14H,1-2,5-6,11-12,15H2,(H,25,29)(H,26,28). The molecule has 1 aliphatic heterocycles. The number of fused-ring (bicyclic) bond motifs is 1. The summed E-state index contributed by atoms with van der Waals surface area (Å²) in [4.78, 5) is 27.8. The number of carbonyl (C=O) groups excluding carboxylic acids is 1. The Balaban J connectivity index is 1.69. The van der Waals surface area contributed by atoms with Gasteiger partial charge in [-0.25, -0.2) is 8.42 Å². The lowest BCUT2D eigenvalue weighted by Crippen LogP contribution is -2.32. The quantitative estimate of drug-likeness (QED) is 0.590. The van der Waals surface area contributed by atoms with Gasteiger partial charge in [0, 0.05) is 41.6 Å². The van der Waals surface area contributed by atoms with E-state index in [1.54, 1.807) is 18.2 Å². The van der Waals surface area contributed by atoms with E-state index in [2.05, 4.69) is 10.3 Å². The van der Waals surface area contributed by atoms with E-state index in [-0.39, 0.29) is 17.0 Å². The summed E-state index contributed by atoms with van der Waals surface area (Å²) in [6, 6.07) is 12.8. The zero-order valence-corrected chi connectivity index (χ0v) is 19.0. The Kier molecular flexibility index (Phi) is 6.64. The molecule has 1 fully saturated rings. The maximum absolute atomic E-state index is 13.2. The van der Waals surface area contributed by atoms with Crippen LogP contribution in [0.25, 0.3) is 10.9 Å². The topological polar surface area (TPSA) is 99.3 Å². The molecule has 7 nitrogen and oxygen atoms in total. The van der Waals surface area contributed by atoms with Gasteiger partial charge in [-0.3, -0.25) is 9.59 Å². The van der Waals surface area contributed by atoms with E-state index in [1.165, 1.54) is 28.6 Å². The lowest BCUT2D eigenvalue weighted by Gasteiger charge is -2.20. The predicted octanol–water partition coefficient (Wildman–Crippen LogP) is 3.68. The van der Waals surface area contributed by atoms with Crippen LogP contribution in [0.15, 0.2) is 58.2 Å². The second-order valence-electron chi connectivity index (χ2n) is 7.85. The van der Waals surface area contributed by atoms with Crippen LogP contribution in [0.4, 0.5) is 0 Å². The Morgan fingerprint density at radius 1 is 1.03 bits per heavy atom. The summed E-state index contributed by atoms with van der Waals surface area (Å²) in [5.74, 6) is -0.481. The van der Waals surface area contributed by atoms with Gasteiger partial charge >= 0.3 is 0 Å². The molecule has 32 heavy (non-hydrogen) atoms. The van der Waals surface area contributed by atoms with Crippen molar-refractivity contribution in [1.82, 2.24) is 14.6 Å². The molecule has 2 aromatic carbocycles. The highest BCUT2D eigenvalue weighted by Crippen LogP contribution is 2.25. The lowest BCUT2D eigenvalue weighted by atomic mass is 10.1. The fourth-order valence-corrected chi connectivity index (χ4v) is 5.67. The van der Waals surface area contributed by atoms with Gasteiger partial charge in [0.15, 0.2) is 0 Å². The fourth-order valence-electron chi connectivity index (χ4n) is 3.92. The van der Waals surface area contributed by atoms with Gasteiger partial charge in [0.05, 0.1) is 10.5 Å². The summed E-state index contributed by atoms with van der Waals surface area (Å²) in [6.45, 7) is 1.15. The number of aromatic amines is 1. The van der Waals surface area contributed by atoms with Gasteiger partial charge in [-0.2, -0.15) is 4.31 Å². The van der Waals surface area contributed by atoms with Gasteiger partial charge in [-0.15, -0.1) is 0 Å². The molecule has 0 aliphatic carbocycles. The largest absolute Gasteiger partial charge is 0.348 e. The van der Waals surface area contributed by atoms with Crippen molar-refractivity contribution in [3.63, 3.8) is 0 Å². The molecule has 2 N–H and O–H groups in total. The third kappa shape index (κ3) is 4.72. The predicted molar refractivity (Wildman–Crippen MR) is 124 cm³/mol. The number of aromatic nitrogens is 1. The van der Waals surface area contributed by atoms with Crippen LogP contribution in [-0.2, 0) is 16.6 Å². The first-order chi connectivity index (χ1) is 15.4. The second-order valence-corrected chi connectivity index (χ2v) is 10.2. The van der Waals surface area contributed by atoms with E-state index in [0.29, 0.717) is 29.0 Å². The van der Waals surface area contributed by atoms with Crippen LogP contribution in [0.5, 0.6) is 0 Å². The van der Waals surface area contributed by atoms with Crippen LogP contribution in [0.1, 0.15) is 41.6 Å². The molecule has 4 rings (SSSR count). The summed E-state index contributed by atoms with van der Waals surface area (Å²) in [6.07, 6.45) is 3.69. The van der Waals surface area contributed by atoms with Gasteiger partial charge in [0.1, 0.15) is 0 Å². The highest BCUT2D eigenvalue weighted by atomic mass is 35.5. The highest BCUT2D eigenvalue weighted by Gasteiger charge is 2.26. The number of nitrogens with zero attached hydrogens (tertiary/aromatic N) is 1. The molecule has 0 saturated carbocycles. The van der Waals surface area contributed by atoms with E-state index >= 15 is 0 Å². The molecular weight excluding hydrogens is 450 g/mol. The number of benzene rings is 2. The molecule has 1 aliphatic rings. The number of H-pyrrole nitrogens is 1. The van der Waals surface area contributed by atoms with Crippen LogP contribution >= 0.6 is 11.6 Å². The number of rotatable bonds is 5. The van der Waals surface area contributed by atoms with Crippen LogP contribution < -0.4 is 10.9 Å². The number of carbonyl (C=O) groups is 1. The monoisotopic (exact) mass is 473 g/mol. The average molecular weight is 474 g/mol. The van der Waals surface area contributed by atoms with Gasteiger partial charge in [0.25, 0.3) is 5.91 Å². The SMILES string of the molecule is O=C(NCc1ccccc1Cl)c1cc(=O)[nH]c2ccc(S(=O)(=O)N3CCCCCC3)cc12. The normalized spacial score (nSPS) is 15.4. The summed E-state index contributed by atoms with van der Waals surface area (Å²) >= 11 is 6.15. The maximum atomic E-state index is 13.2. The lowest BCUT2D eigenvalue weighted by molar-refractivity contribution is 0.0952. The Morgan fingerprint density at radius 2 is 1.75 bits per heavy atom. The molecule has 1 amide bonds. The van der Waals surface area contributed by atoms with E-state index in [0.717, 1.165) is 31.2 Å². The van der Waals surface area contributed by atoms with E-state index in [1.807, 2.05) is 6.07 Å². The van der Waals surface area contributed by atoms with Crippen molar-refractivity contribution in [2.45, 2.75) is 37.1 Å². The first-order valence-corrected chi connectivity index (χ1v) is 12.4. The minimum absolute atomic E-state index is 0.110. The van der Waals surface area contributed by atoms with Crippen molar-refractivity contribution in [3.8, 4) is 0 Å². The first-order valence-electron chi connectivity index (χ1n) is 10.5. The molecule has 0 bridgehead atoms. The molecule has 0 spiro atoms. The van der Waals surface area contributed by atoms with Crippen molar-refractivity contribution in [2.24, 2.45) is 0 Å². The molecule has 0 atom stereocenters. The summed E-state index contributed by atoms with van der Waals surface area (Å²) in [5, 5.41) is 3.66. The number of hydrogen-bond donors (Lipinski definition) is 2. The average Bonchev–Trinajstić information content (AvgIpc) is 3.07. The van der Waals surface area contributed by atoms with Crippen LogP contribution in [0.3, 0.4) is 0 Å². The molecule has 1 saturated heterocycles. The Morgan fingerprint density at radius 3 is 2.47 bits per heavy atom. The smallest absolute Gasteiger partial charge is 0.252 e. The van der Waals surface area contributed by atoms with Crippen LogP contribution in [-0.4, -0.2) is 36.7 Å². The van der Waals surface area contributed by atoms with Crippen LogP contribution in [0, 0.1) is 0 Å². The molecule has 0 radical (unpaired) electrons. The third-order valence-corrected chi connectivity index (χ3v) is 7.92. The number of pyridine rings is 1. The number of amides is 1. The highest BCUT2D eigenvalue weighted by molar-refractivity contribution is 7.89. The zero-order valence-electron chi connectivity index (χ0n) is 17.4.